The number of hydrogen-bond donors (Lipinski definition) is 1. The normalized spacial score (nSPS) is 10.5. The van der Waals surface area contributed by atoms with E-state index in [1.54, 1.807) is 38.6 Å². The molecule has 0 unspecified atom stereocenters. The van der Waals surface area contributed by atoms with Crippen molar-refractivity contribution >= 4 is 35.0 Å². The van der Waals surface area contributed by atoms with Crippen molar-refractivity contribution in [2.45, 2.75) is 5.16 Å². The summed E-state index contributed by atoms with van der Waals surface area (Å²) in [5.41, 5.74) is 1.52. The quantitative estimate of drug-likeness (QED) is 0.596. The highest BCUT2D eigenvalue weighted by atomic mass is 35.5. The number of anilines is 1. The number of halogens is 1. The van der Waals surface area contributed by atoms with Crippen LogP contribution in [-0.2, 0) is 4.79 Å². The summed E-state index contributed by atoms with van der Waals surface area (Å²) < 4.78 is 12.4. The molecule has 3 aromatic rings. The summed E-state index contributed by atoms with van der Waals surface area (Å²) in [4.78, 5) is 16.7. The lowest BCUT2D eigenvalue weighted by molar-refractivity contribution is -0.113. The van der Waals surface area contributed by atoms with Gasteiger partial charge in [0.2, 0.25) is 5.91 Å². The maximum absolute atomic E-state index is 12.3. The maximum Gasteiger partial charge on any atom is 0.234 e. The Kier molecular flexibility index (Phi) is 6.26. The number of thioether (sulfide) groups is 1. The summed E-state index contributed by atoms with van der Waals surface area (Å²) in [6, 6.07) is 12.7. The molecular weight excluding hydrogens is 386 g/mol. The van der Waals surface area contributed by atoms with Gasteiger partial charge in [0.05, 0.1) is 25.7 Å². The molecule has 0 aliphatic carbocycles. The van der Waals surface area contributed by atoms with Gasteiger partial charge in [-0.25, -0.2) is 4.98 Å². The second-order valence-corrected chi connectivity index (χ2v) is 6.84. The third kappa shape index (κ3) is 4.75. The van der Waals surface area contributed by atoms with Crippen LogP contribution >= 0.6 is 23.4 Å². The number of amides is 1. The Morgan fingerprint density at radius 1 is 1.19 bits per heavy atom. The average molecular weight is 404 g/mol. The number of aromatic nitrogens is 2. The number of ether oxygens (including phenoxy) is 2. The third-order valence-corrected chi connectivity index (χ3v) is 4.95. The molecule has 0 aliphatic heterocycles. The van der Waals surface area contributed by atoms with Gasteiger partial charge in [-0.15, -0.1) is 0 Å². The highest BCUT2D eigenvalue weighted by molar-refractivity contribution is 7.99. The van der Waals surface area contributed by atoms with E-state index < -0.39 is 0 Å². The predicted molar refractivity (Wildman–Crippen MR) is 107 cm³/mol. The van der Waals surface area contributed by atoms with Crippen LogP contribution in [0.3, 0.4) is 0 Å². The Balaban J connectivity index is 1.65. The number of carbonyl (C=O) groups is 1. The Morgan fingerprint density at radius 2 is 1.96 bits per heavy atom. The van der Waals surface area contributed by atoms with E-state index >= 15 is 0 Å². The molecule has 140 valence electrons. The van der Waals surface area contributed by atoms with Gasteiger partial charge in [-0.2, -0.15) is 0 Å². The van der Waals surface area contributed by atoms with Crippen molar-refractivity contribution in [1.82, 2.24) is 9.55 Å². The van der Waals surface area contributed by atoms with Gasteiger partial charge in [-0.05, 0) is 36.4 Å². The Bertz CT molecular complexity index is 928. The van der Waals surface area contributed by atoms with Gasteiger partial charge in [0.15, 0.2) is 5.16 Å². The molecule has 3 rings (SSSR count). The van der Waals surface area contributed by atoms with E-state index in [1.165, 1.54) is 11.8 Å². The fourth-order valence-electron chi connectivity index (χ4n) is 2.41. The number of nitrogens with one attached hydrogen (secondary N) is 1. The first-order valence-corrected chi connectivity index (χ1v) is 9.41. The van der Waals surface area contributed by atoms with Crippen LogP contribution in [0, 0.1) is 0 Å². The van der Waals surface area contributed by atoms with Crippen LogP contribution in [0.1, 0.15) is 0 Å². The minimum absolute atomic E-state index is 0.158. The fourth-order valence-corrected chi connectivity index (χ4v) is 3.31. The summed E-state index contributed by atoms with van der Waals surface area (Å²) in [6.07, 6.45) is 3.54. The van der Waals surface area contributed by atoms with Crippen LogP contribution in [0.5, 0.6) is 11.5 Å². The Morgan fingerprint density at radius 3 is 2.67 bits per heavy atom. The highest BCUT2D eigenvalue weighted by Gasteiger charge is 2.12. The van der Waals surface area contributed by atoms with Crippen LogP contribution < -0.4 is 14.8 Å². The van der Waals surface area contributed by atoms with Crippen LogP contribution in [0.2, 0.25) is 5.02 Å². The number of benzene rings is 2. The minimum Gasteiger partial charge on any atom is -0.497 e. The molecule has 1 heterocycles. The highest BCUT2D eigenvalue weighted by Crippen LogP contribution is 2.29. The number of nitrogens with zero attached hydrogens (tertiary/aromatic N) is 2. The minimum atomic E-state index is -0.158. The summed E-state index contributed by atoms with van der Waals surface area (Å²) in [6.45, 7) is 0. The molecule has 2 aromatic carbocycles. The molecule has 8 heteroatoms. The summed E-state index contributed by atoms with van der Waals surface area (Å²) in [7, 11) is 3.12. The molecule has 6 nitrogen and oxygen atoms in total. The standard InChI is InChI=1S/C19H18ClN3O3S/c1-25-15-7-8-16(17(11-15)26-2)22-18(24)12-27-19-21-9-10-23(19)14-5-3-13(20)4-6-14/h3-11H,12H2,1-2H3,(H,22,24). The van der Waals surface area contributed by atoms with E-state index in [0.717, 1.165) is 5.69 Å². The molecule has 1 amide bonds. The van der Waals surface area contributed by atoms with E-state index in [1.807, 2.05) is 35.0 Å². The topological polar surface area (TPSA) is 65.4 Å². The number of methoxy groups -OCH3 is 2. The van der Waals surface area contributed by atoms with Gasteiger partial charge in [0, 0.05) is 29.2 Å². The third-order valence-electron chi connectivity index (χ3n) is 3.73. The first-order valence-electron chi connectivity index (χ1n) is 8.04. The van der Waals surface area contributed by atoms with E-state index in [0.29, 0.717) is 27.4 Å². The second kappa shape index (κ2) is 8.83. The second-order valence-electron chi connectivity index (χ2n) is 5.46. The molecule has 0 atom stereocenters. The molecule has 0 spiro atoms. The van der Waals surface area contributed by atoms with Crippen LogP contribution in [0.4, 0.5) is 5.69 Å². The lowest BCUT2D eigenvalue weighted by Crippen LogP contribution is -2.15. The van der Waals surface area contributed by atoms with Gasteiger partial charge in [-0.3, -0.25) is 9.36 Å². The molecule has 0 bridgehead atoms. The van der Waals surface area contributed by atoms with Gasteiger partial charge in [0.1, 0.15) is 11.5 Å². The van der Waals surface area contributed by atoms with Crippen molar-refractivity contribution < 1.29 is 14.3 Å². The lowest BCUT2D eigenvalue weighted by Gasteiger charge is -2.12. The van der Waals surface area contributed by atoms with E-state index in [2.05, 4.69) is 10.3 Å². The van der Waals surface area contributed by atoms with Crippen molar-refractivity contribution in [3.63, 3.8) is 0 Å². The van der Waals surface area contributed by atoms with Gasteiger partial charge in [-0.1, -0.05) is 23.4 Å². The maximum atomic E-state index is 12.3. The Labute approximate surface area is 166 Å². The van der Waals surface area contributed by atoms with Crippen molar-refractivity contribution in [3.8, 4) is 17.2 Å². The van der Waals surface area contributed by atoms with Crippen molar-refractivity contribution in [2.24, 2.45) is 0 Å². The number of imidazole rings is 1. The fraction of sp³-hybridized carbons (Fsp3) is 0.158. The van der Waals surface area contributed by atoms with Crippen LogP contribution in [0.25, 0.3) is 5.69 Å². The van der Waals surface area contributed by atoms with Gasteiger partial charge >= 0.3 is 0 Å². The Hall–Kier alpha value is -2.64. The molecule has 0 radical (unpaired) electrons. The van der Waals surface area contributed by atoms with E-state index in [-0.39, 0.29) is 11.7 Å². The summed E-state index contributed by atoms with van der Waals surface area (Å²) >= 11 is 7.28. The lowest BCUT2D eigenvalue weighted by atomic mass is 10.2. The number of hydrogen-bond acceptors (Lipinski definition) is 5. The smallest absolute Gasteiger partial charge is 0.234 e. The molecule has 1 N–H and O–H groups in total. The molecule has 0 aliphatic rings. The first-order chi connectivity index (χ1) is 13.1. The summed E-state index contributed by atoms with van der Waals surface area (Å²) in [5, 5.41) is 4.23. The zero-order valence-electron chi connectivity index (χ0n) is 14.8. The largest absolute Gasteiger partial charge is 0.497 e. The zero-order valence-corrected chi connectivity index (χ0v) is 16.4. The van der Waals surface area contributed by atoms with E-state index in [4.69, 9.17) is 21.1 Å². The monoisotopic (exact) mass is 403 g/mol. The SMILES string of the molecule is COc1ccc(NC(=O)CSc2nccn2-c2ccc(Cl)cc2)c(OC)c1. The number of rotatable bonds is 7. The molecular formula is C19H18ClN3O3S. The summed E-state index contributed by atoms with van der Waals surface area (Å²) in [5.74, 6) is 1.24. The van der Waals surface area contributed by atoms with Crippen LogP contribution in [-0.4, -0.2) is 35.4 Å². The molecule has 0 saturated carbocycles. The van der Waals surface area contributed by atoms with Crippen molar-refractivity contribution in [2.75, 3.05) is 25.3 Å². The molecule has 1 aromatic heterocycles. The molecule has 27 heavy (non-hydrogen) atoms. The van der Waals surface area contributed by atoms with Crippen molar-refractivity contribution in [1.29, 1.82) is 0 Å². The van der Waals surface area contributed by atoms with Gasteiger partial charge in [0.25, 0.3) is 0 Å². The zero-order chi connectivity index (χ0) is 19.2. The predicted octanol–water partition coefficient (Wildman–Crippen LogP) is 4.27. The molecule has 0 saturated heterocycles. The number of carbonyl (C=O) groups excluding carboxylic acids is 1. The first kappa shape index (κ1) is 19.1. The molecule has 0 fully saturated rings. The average Bonchev–Trinajstić information content (AvgIpc) is 3.16. The van der Waals surface area contributed by atoms with Crippen LogP contribution in [0.15, 0.2) is 60.0 Å². The van der Waals surface area contributed by atoms with Crippen molar-refractivity contribution in [3.05, 3.63) is 59.9 Å². The van der Waals surface area contributed by atoms with E-state index in [9.17, 15) is 4.79 Å². The van der Waals surface area contributed by atoms with Gasteiger partial charge < -0.3 is 14.8 Å².